The SMILES string of the molecule is O=C1CCC(=O)C2C1CC1C3NC3CN12. The summed E-state index contributed by atoms with van der Waals surface area (Å²) in [7, 11) is 0. The summed E-state index contributed by atoms with van der Waals surface area (Å²) < 4.78 is 0. The molecule has 4 fully saturated rings. The quantitative estimate of drug-likeness (QED) is 0.534. The smallest absolute Gasteiger partial charge is 0.151 e. The number of piperazine rings is 1. The standard InChI is InChI=1S/C11H14N2O2/c14-8-1-2-9(15)11-5(8)3-7-10-6(12-10)4-13(7)11/h5-7,10-12H,1-4H2. The minimum absolute atomic E-state index is 0.0274. The molecule has 0 aromatic carbocycles. The minimum Gasteiger partial charge on any atom is -0.305 e. The molecule has 5 unspecified atom stereocenters. The second kappa shape index (κ2) is 2.50. The second-order valence-corrected chi connectivity index (χ2v) is 5.28. The van der Waals surface area contributed by atoms with Gasteiger partial charge in [0.15, 0.2) is 5.78 Å². The summed E-state index contributed by atoms with van der Waals surface area (Å²) in [6, 6.07) is 1.61. The molecule has 0 amide bonds. The van der Waals surface area contributed by atoms with Crippen LogP contribution in [0.4, 0.5) is 0 Å². The van der Waals surface area contributed by atoms with E-state index < -0.39 is 0 Å². The average Bonchev–Trinajstić information content (AvgIpc) is 2.72. The molecule has 1 saturated carbocycles. The van der Waals surface area contributed by atoms with Gasteiger partial charge in [0.2, 0.25) is 0 Å². The summed E-state index contributed by atoms with van der Waals surface area (Å²) in [5.41, 5.74) is 0. The molecule has 0 aromatic rings. The molecule has 3 aliphatic heterocycles. The first-order valence-electron chi connectivity index (χ1n) is 5.83. The highest BCUT2D eigenvalue weighted by molar-refractivity contribution is 5.99. The van der Waals surface area contributed by atoms with Crippen molar-refractivity contribution >= 4 is 11.6 Å². The second-order valence-electron chi connectivity index (χ2n) is 5.28. The van der Waals surface area contributed by atoms with E-state index in [1.807, 2.05) is 0 Å². The predicted molar refractivity (Wildman–Crippen MR) is 52.3 cm³/mol. The summed E-state index contributed by atoms with van der Waals surface area (Å²) in [6.07, 6.45) is 1.89. The van der Waals surface area contributed by atoms with Crippen LogP contribution < -0.4 is 5.32 Å². The fourth-order valence-corrected chi connectivity index (χ4v) is 3.82. The molecule has 15 heavy (non-hydrogen) atoms. The summed E-state index contributed by atoms with van der Waals surface area (Å²) in [4.78, 5) is 25.9. The van der Waals surface area contributed by atoms with Crippen LogP contribution in [-0.2, 0) is 9.59 Å². The molecule has 4 heteroatoms. The molecule has 3 heterocycles. The van der Waals surface area contributed by atoms with Crippen molar-refractivity contribution in [3.05, 3.63) is 0 Å². The largest absolute Gasteiger partial charge is 0.305 e. The molecule has 80 valence electrons. The van der Waals surface area contributed by atoms with Crippen LogP contribution >= 0.6 is 0 Å². The summed E-state index contributed by atoms with van der Waals surface area (Å²) in [5, 5.41) is 3.41. The Morgan fingerprint density at radius 3 is 2.87 bits per heavy atom. The van der Waals surface area contributed by atoms with Crippen LogP contribution in [-0.4, -0.2) is 47.2 Å². The molecule has 4 aliphatic rings. The zero-order valence-corrected chi connectivity index (χ0v) is 8.48. The first-order chi connectivity index (χ1) is 7.25. The summed E-state index contributed by atoms with van der Waals surface area (Å²) in [5.74, 6) is 0.661. The van der Waals surface area contributed by atoms with Crippen molar-refractivity contribution in [3.63, 3.8) is 0 Å². The van der Waals surface area contributed by atoms with Crippen molar-refractivity contribution in [1.82, 2.24) is 10.2 Å². The maximum absolute atomic E-state index is 11.9. The fourth-order valence-electron chi connectivity index (χ4n) is 3.82. The normalized spacial score (nSPS) is 52.7. The molecule has 0 bridgehead atoms. The molecular formula is C11H14N2O2. The molecule has 1 aliphatic carbocycles. The third kappa shape index (κ3) is 0.941. The summed E-state index contributed by atoms with van der Waals surface area (Å²) >= 11 is 0. The Labute approximate surface area is 88.0 Å². The van der Waals surface area contributed by atoms with Gasteiger partial charge in [-0.2, -0.15) is 0 Å². The number of hydrogen-bond donors (Lipinski definition) is 1. The van der Waals surface area contributed by atoms with E-state index in [4.69, 9.17) is 0 Å². The highest BCUT2D eigenvalue weighted by Gasteiger charge is 2.61. The Balaban J connectivity index is 1.70. The van der Waals surface area contributed by atoms with Crippen LogP contribution in [0.2, 0.25) is 0 Å². The number of carbonyl (C=O) groups is 2. The van der Waals surface area contributed by atoms with E-state index in [2.05, 4.69) is 10.2 Å². The summed E-state index contributed by atoms with van der Waals surface area (Å²) in [6.45, 7) is 0.982. The Morgan fingerprint density at radius 1 is 1.20 bits per heavy atom. The van der Waals surface area contributed by atoms with Crippen molar-refractivity contribution in [1.29, 1.82) is 0 Å². The number of rotatable bonds is 0. The number of carbonyl (C=O) groups excluding carboxylic acids is 2. The lowest BCUT2D eigenvalue weighted by molar-refractivity contribution is -0.136. The van der Waals surface area contributed by atoms with Gasteiger partial charge < -0.3 is 5.32 Å². The van der Waals surface area contributed by atoms with E-state index in [1.54, 1.807) is 0 Å². The van der Waals surface area contributed by atoms with Gasteiger partial charge in [-0.25, -0.2) is 0 Å². The molecule has 4 nitrogen and oxygen atoms in total. The lowest BCUT2D eigenvalue weighted by atomic mass is 9.82. The van der Waals surface area contributed by atoms with Gasteiger partial charge in [0, 0.05) is 43.4 Å². The van der Waals surface area contributed by atoms with Crippen LogP contribution in [0.25, 0.3) is 0 Å². The average molecular weight is 206 g/mol. The predicted octanol–water partition coefficient (Wildman–Crippen LogP) is -0.668. The molecule has 4 rings (SSSR count). The third-order valence-corrected chi connectivity index (χ3v) is 4.57. The molecule has 0 radical (unpaired) electrons. The molecule has 0 spiro atoms. The highest BCUT2D eigenvalue weighted by atomic mass is 16.1. The Bertz CT molecular complexity index is 368. The monoisotopic (exact) mass is 206 g/mol. The topological polar surface area (TPSA) is 59.3 Å². The van der Waals surface area contributed by atoms with Gasteiger partial charge in [0.1, 0.15) is 5.78 Å². The maximum atomic E-state index is 11.9. The minimum atomic E-state index is -0.0501. The van der Waals surface area contributed by atoms with Gasteiger partial charge in [0.05, 0.1) is 6.04 Å². The van der Waals surface area contributed by atoms with Crippen molar-refractivity contribution in [2.24, 2.45) is 5.92 Å². The Kier molecular flexibility index (Phi) is 1.40. The van der Waals surface area contributed by atoms with Gasteiger partial charge >= 0.3 is 0 Å². The van der Waals surface area contributed by atoms with E-state index in [0.717, 1.165) is 13.0 Å². The number of nitrogens with zero attached hydrogens (tertiary/aromatic N) is 1. The number of ketones is 2. The van der Waals surface area contributed by atoms with E-state index in [1.165, 1.54) is 0 Å². The number of fused-ring (bicyclic) bond motifs is 5. The van der Waals surface area contributed by atoms with E-state index in [-0.39, 0.29) is 12.0 Å². The van der Waals surface area contributed by atoms with Crippen molar-refractivity contribution in [2.45, 2.75) is 43.4 Å². The van der Waals surface area contributed by atoms with Crippen LogP contribution in [0, 0.1) is 5.92 Å². The van der Waals surface area contributed by atoms with Crippen molar-refractivity contribution in [3.8, 4) is 0 Å². The van der Waals surface area contributed by atoms with Crippen molar-refractivity contribution in [2.75, 3.05) is 6.54 Å². The maximum Gasteiger partial charge on any atom is 0.151 e. The zero-order valence-electron chi connectivity index (χ0n) is 8.48. The Hall–Kier alpha value is -0.740. The Morgan fingerprint density at radius 2 is 2.00 bits per heavy atom. The van der Waals surface area contributed by atoms with Gasteiger partial charge in [-0.1, -0.05) is 0 Å². The molecule has 3 saturated heterocycles. The van der Waals surface area contributed by atoms with E-state index in [9.17, 15) is 9.59 Å². The van der Waals surface area contributed by atoms with Crippen LogP contribution in [0.15, 0.2) is 0 Å². The van der Waals surface area contributed by atoms with Gasteiger partial charge in [-0.3, -0.25) is 14.5 Å². The number of Topliss-reactive ketones (excluding diaryl/α,β-unsaturated/α-hetero) is 2. The zero-order chi connectivity index (χ0) is 10.2. The van der Waals surface area contributed by atoms with Crippen LogP contribution in [0.1, 0.15) is 19.3 Å². The highest BCUT2D eigenvalue weighted by Crippen LogP contribution is 2.44. The number of hydrogen-bond acceptors (Lipinski definition) is 4. The van der Waals surface area contributed by atoms with Gasteiger partial charge in [-0.05, 0) is 6.42 Å². The third-order valence-electron chi connectivity index (χ3n) is 4.57. The molecule has 1 N–H and O–H groups in total. The van der Waals surface area contributed by atoms with Crippen molar-refractivity contribution < 1.29 is 9.59 Å². The first kappa shape index (κ1) is 8.42. The first-order valence-corrected chi connectivity index (χ1v) is 5.83. The lowest BCUT2D eigenvalue weighted by Gasteiger charge is -2.29. The number of nitrogens with one attached hydrogen (secondary N) is 1. The van der Waals surface area contributed by atoms with Crippen LogP contribution in [0.3, 0.4) is 0 Å². The van der Waals surface area contributed by atoms with Gasteiger partial charge in [0.25, 0.3) is 0 Å². The fraction of sp³-hybridized carbons (Fsp3) is 0.818. The molecular weight excluding hydrogens is 192 g/mol. The molecule has 5 atom stereocenters. The molecule has 0 aromatic heterocycles. The van der Waals surface area contributed by atoms with Crippen LogP contribution in [0.5, 0.6) is 0 Å². The lowest BCUT2D eigenvalue weighted by Crippen LogP contribution is -2.47. The van der Waals surface area contributed by atoms with E-state index in [0.29, 0.717) is 42.5 Å². The van der Waals surface area contributed by atoms with Gasteiger partial charge in [-0.15, -0.1) is 0 Å². The van der Waals surface area contributed by atoms with E-state index >= 15 is 0 Å².